The Morgan fingerprint density at radius 3 is 2.38 bits per heavy atom. The fraction of sp³-hybridized carbons (Fsp3) is 0.192. The van der Waals surface area contributed by atoms with Gasteiger partial charge in [-0.2, -0.15) is 5.10 Å². The Labute approximate surface area is 210 Å². The summed E-state index contributed by atoms with van der Waals surface area (Å²) in [6.45, 7) is 1.38. The topological polar surface area (TPSA) is 102 Å². The van der Waals surface area contributed by atoms with Crippen molar-refractivity contribution in [2.24, 2.45) is 0 Å². The molecule has 0 saturated heterocycles. The fourth-order valence-electron chi connectivity index (χ4n) is 3.56. The molecule has 0 aliphatic heterocycles. The molecule has 8 nitrogen and oxygen atoms in total. The fourth-order valence-corrected chi connectivity index (χ4v) is 3.56. The molecule has 0 fully saturated rings. The Kier molecular flexibility index (Phi) is 8.04. The van der Waals surface area contributed by atoms with E-state index in [0.717, 1.165) is 29.8 Å². The van der Waals surface area contributed by atoms with Crippen molar-refractivity contribution in [3.63, 3.8) is 0 Å². The highest BCUT2D eigenvalue weighted by Crippen LogP contribution is 2.22. The van der Waals surface area contributed by atoms with Crippen LogP contribution in [0.3, 0.4) is 0 Å². The Balaban J connectivity index is 1.52. The normalized spacial score (nSPS) is 10.9. The first-order valence-electron chi connectivity index (χ1n) is 11.4. The minimum Gasteiger partial charge on any atom is -0.352 e. The van der Waals surface area contributed by atoms with E-state index in [9.17, 15) is 22.8 Å². The van der Waals surface area contributed by atoms with Crippen LogP contribution in [0.15, 0.2) is 65.7 Å². The van der Waals surface area contributed by atoms with Gasteiger partial charge in [-0.15, -0.1) is 0 Å². The van der Waals surface area contributed by atoms with E-state index >= 15 is 0 Å². The van der Waals surface area contributed by atoms with Gasteiger partial charge in [-0.05, 0) is 49.8 Å². The van der Waals surface area contributed by atoms with E-state index < -0.39 is 23.0 Å². The minimum atomic E-state index is -1.57. The Hall–Kier alpha value is -4.38. The van der Waals surface area contributed by atoms with E-state index in [2.05, 4.69) is 25.7 Å². The highest BCUT2D eigenvalue weighted by atomic mass is 19.2. The molecule has 0 saturated carbocycles. The first kappa shape index (κ1) is 25.7. The second-order valence-electron chi connectivity index (χ2n) is 8.18. The summed E-state index contributed by atoms with van der Waals surface area (Å²) in [7, 11) is 1.84. The average molecular weight is 509 g/mol. The second-order valence-corrected chi connectivity index (χ2v) is 8.18. The molecule has 0 bridgehead atoms. The van der Waals surface area contributed by atoms with Crippen molar-refractivity contribution in [1.29, 1.82) is 0 Å². The smallest absolute Gasteiger partial charge is 0.267 e. The van der Waals surface area contributed by atoms with Gasteiger partial charge in [0.15, 0.2) is 23.3 Å². The highest BCUT2D eigenvalue weighted by Gasteiger charge is 2.14. The molecule has 2 aromatic heterocycles. The molecule has 0 aliphatic carbocycles. The molecule has 4 aromatic rings. The summed E-state index contributed by atoms with van der Waals surface area (Å²) in [4.78, 5) is 33.2. The van der Waals surface area contributed by atoms with Gasteiger partial charge in [-0.3, -0.25) is 9.59 Å². The third kappa shape index (κ3) is 6.25. The molecule has 0 radical (unpaired) electrons. The monoisotopic (exact) mass is 508 g/mol. The van der Waals surface area contributed by atoms with Crippen LogP contribution >= 0.6 is 0 Å². The lowest BCUT2D eigenvalue weighted by molar-refractivity contribution is 0.0952. The van der Waals surface area contributed by atoms with Gasteiger partial charge in [0, 0.05) is 36.1 Å². The van der Waals surface area contributed by atoms with Crippen molar-refractivity contribution < 1.29 is 18.0 Å². The summed E-state index contributed by atoms with van der Waals surface area (Å²) in [5.74, 6) is -4.14. The van der Waals surface area contributed by atoms with Crippen LogP contribution < -0.4 is 16.2 Å². The Morgan fingerprint density at radius 2 is 1.68 bits per heavy atom. The minimum absolute atomic E-state index is 0.00143. The number of hydrogen-bond donors (Lipinski definition) is 2. The number of aromatic nitrogens is 4. The van der Waals surface area contributed by atoms with Crippen molar-refractivity contribution in [3.05, 3.63) is 99.9 Å². The van der Waals surface area contributed by atoms with Crippen LogP contribution in [0.2, 0.25) is 0 Å². The van der Waals surface area contributed by atoms with E-state index in [0.29, 0.717) is 29.1 Å². The molecule has 0 aliphatic rings. The molecule has 190 valence electrons. The zero-order valence-electron chi connectivity index (χ0n) is 19.8. The maximum Gasteiger partial charge on any atom is 0.267 e. The molecule has 2 N–H and O–H groups in total. The number of amides is 1. The molecule has 2 aromatic carbocycles. The number of carbonyl (C=O) groups is 1. The SMILES string of the molecule is CNCCCNC(=O)c1cnc(-c2cccc(Cn3nc(-c4cc(F)c(F)c(F)c4)ccc3=O)c2)nc1. The lowest BCUT2D eigenvalue weighted by atomic mass is 10.1. The molecule has 11 heteroatoms. The van der Waals surface area contributed by atoms with Gasteiger partial charge in [0.25, 0.3) is 11.5 Å². The van der Waals surface area contributed by atoms with Gasteiger partial charge in [0.2, 0.25) is 0 Å². The zero-order chi connectivity index (χ0) is 26.4. The maximum absolute atomic E-state index is 13.7. The largest absolute Gasteiger partial charge is 0.352 e. The van der Waals surface area contributed by atoms with Gasteiger partial charge in [0.05, 0.1) is 17.8 Å². The number of halogens is 3. The van der Waals surface area contributed by atoms with Gasteiger partial charge in [-0.25, -0.2) is 27.8 Å². The average Bonchev–Trinajstić information content (AvgIpc) is 2.91. The summed E-state index contributed by atoms with van der Waals surface area (Å²) < 4.78 is 41.8. The lowest BCUT2D eigenvalue weighted by Gasteiger charge is -2.09. The van der Waals surface area contributed by atoms with E-state index in [4.69, 9.17) is 0 Å². The maximum atomic E-state index is 13.7. The van der Waals surface area contributed by atoms with E-state index in [1.165, 1.54) is 24.5 Å². The van der Waals surface area contributed by atoms with Crippen molar-refractivity contribution in [3.8, 4) is 22.6 Å². The van der Waals surface area contributed by atoms with Crippen molar-refractivity contribution in [1.82, 2.24) is 30.4 Å². The first-order chi connectivity index (χ1) is 17.9. The molecule has 0 unspecified atom stereocenters. The third-order valence-corrected chi connectivity index (χ3v) is 5.47. The van der Waals surface area contributed by atoms with Crippen LogP contribution in [-0.4, -0.2) is 45.8 Å². The molecular weight excluding hydrogens is 485 g/mol. The second kappa shape index (κ2) is 11.6. The summed E-state index contributed by atoms with van der Waals surface area (Å²) in [5, 5.41) is 10.00. The van der Waals surface area contributed by atoms with Gasteiger partial charge < -0.3 is 10.6 Å². The number of nitrogens with one attached hydrogen (secondary N) is 2. The number of rotatable bonds is 9. The quantitative estimate of drug-likeness (QED) is 0.266. The van der Waals surface area contributed by atoms with E-state index in [1.807, 2.05) is 7.05 Å². The summed E-state index contributed by atoms with van der Waals surface area (Å²) in [6.07, 6.45) is 3.68. The molecule has 37 heavy (non-hydrogen) atoms. The van der Waals surface area contributed by atoms with Crippen LogP contribution in [0.1, 0.15) is 22.3 Å². The molecular formula is C26H23F3N6O2. The van der Waals surface area contributed by atoms with Gasteiger partial charge in [0.1, 0.15) is 0 Å². The number of benzene rings is 2. The molecule has 4 rings (SSSR count). The Morgan fingerprint density at radius 1 is 0.946 bits per heavy atom. The summed E-state index contributed by atoms with van der Waals surface area (Å²) >= 11 is 0. The van der Waals surface area contributed by atoms with Crippen molar-refractivity contribution >= 4 is 5.91 Å². The van der Waals surface area contributed by atoms with E-state index in [1.54, 1.807) is 24.3 Å². The zero-order valence-corrected chi connectivity index (χ0v) is 19.8. The lowest BCUT2D eigenvalue weighted by Crippen LogP contribution is -2.26. The first-order valence-corrected chi connectivity index (χ1v) is 11.4. The van der Waals surface area contributed by atoms with Crippen LogP contribution in [0.5, 0.6) is 0 Å². The molecule has 0 spiro atoms. The van der Waals surface area contributed by atoms with Crippen LogP contribution in [0.4, 0.5) is 13.2 Å². The van der Waals surface area contributed by atoms with Crippen LogP contribution in [-0.2, 0) is 6.54 Å². The number of nitrogens with zero attached hydrogens (tertiary/aromatic N) is 4. The van der Waals surface area contributed by atoms with Crippen molar-refractivity contribution in [2.75, 3.05) is 20.1 Å². The third-order valence-electron chi connectivity index (χ3n) is 5.47. The van der Waals surface area contributed by atoms with Gasteiger partial charge in [-0.1, -0.05) is 18.2 Å². The number of hydrogen-bond acceptors (Lipinski definition) is 6. The van der Waals surface area contributed by atoms with Crippen LogP contribution in [0.25, 0.3) is 22.6 Å². The Bertz CT molecular complexity index is 1450. The molecule has 1 amide bonds. The molecule has 2 heterocycles. The van der Waals surface area contributed by atoms with Gasteiger partial charge >= 0.3 is 0 Å². The summed E-state index contributed by atoms with van der Waals surface area (Å²) in [6, 6.07) is 11.3. The standard InChI is InChI=1S/C26H23F3N6O2/c1-30-8-3-9-31-26(37)19-13-32-25(33-14-19)17-5-2-4-16(10-17)15-35-23(36)7-6-22(34-35)18-11-20(27)24(29)21(28)12-18/h2,4-7,10-14,30H,3,8-9,15H2,1H3,(H,31,37). The number of carbonyl (C=O) groups excluding carboxylic acids is 1. The van der Waals surface area contributed by atoms with Crippen molar-refractivity contribution in [2.45, 2.75) is 13.0 Å². The summed E-state index contributed by atoms with van der Waals surface area (Å²) in [5.41, 5.74) is 1.36. The van der Waals surface area contributed by atoms with Crippen LogP contribution in [0, 0.1) is 17.5 Å². The molecule has 0 atom stereocenters. The predicted octanol–water partition coefficient (Wildman–Crippen LogP) is 3.17. The van der Waals surface area contributed by atoms with E-state index in [-0.39, 0.29) is 23.7 Å². The predicted molar refractivity (Wildman–Crippen MR) is 131 cm³/mol. The highest BCUT2D eigenvalue weighted by molar-refractivity contribution is 5.93.